The normalized spacial score (nSPS) is 10.4. The van der Waals surface area contributed by atoms with Crippen molar-refractivity contribution in [3.8, 4) is 0 Å². The lowest BCUT2D eigenvalue weighted by atomic mass is 10.2. The van der Waals surface area contributed by atoms with E-state index in [2.05, 4.69) is 20.7 Å². The Morgan fingerprint density at radius 1 is 1.15 bits per heavy atom. The van der Waals surface area contributed by atoms with E-state index in [9.17, 15) is 4.39 Å². The quantitative estimate of drug-likeness (QED) is 0.577. The monoisotopic (exact) mass is 275 g/mol. The summed E-state index contributed by atoms with van der Waals surface area (Å²) >= 11 is 0. The van der Waals surface area contributed by atoms with E-state index in [-0.39, 0.29) is 5.82 Å². The predicted molar refractivity (Wildman–Crippen MR) is 77.7 cm³/mol. The Morgan fingerprint density at radius 2 is 1.80 bits per heavy atom. The zero-order valence-electron chi connectivity index (χ0n) is 11.6. The number of benzene rings is 1. The summed E-state index contributed by atoms with van der Waals surface area (Å²) < 4.78 is 12.8. The van der Waals surface area contributed by atoms with E-state index in [0.717, 1.165) is 23.4 Å². The number of aromatic nitrogens is 2. The van der Waals surface area contributed by atoms with Crippen molar-refractivity contribution in [3.05, 3.63) is 47.0 Å². The molecule has 5 nitrogen and oxygen atoms in total. The summed E-state index contributed by atoms with van der Waals surface area (Å²) in [6, 6.07) is 6.35. The van der Waals surface area contributed by atoms with Gasteiger partial charge in [0.15, 0.2) is 0 Å². The van der Waals surface area contributed by atoms with Crippen LogP contribution in [0.1, 0.15) is 23.9 Å². The van der Waals surface area contributed by atoms with E-state index in [1.165, 1.54) is 12.1 Å². The summed E-state index contributed by atoms with van der Waals surface area (Å²) in [6.45, 7) is 4.43. The molecular weight excluding hydrogens is 257 g/mol. The zero-order valence-corrected chi connectivity index (χ0v) is 11.6. The van der Waals surface area contributed by atoms with Crippen LogP contribution in [0.3, 0.4) is 0 Å². The molecule has 2 aromatic rings. The lowest BCUT2D eigenvalue weighted by Gasteiger charge is -2.13. The third-order valence-corrected chi connectivity index (χ3v) is 3.02. The van der Waals surface area contributed by atoms with Crippen molar-refractivity contribution in [2.75, 3.05) is 10.7 Å². The summed E-state index contributed by atoms with van der Waals surface area (Å²) in [5.74, 6) is 7.27. The number of nitrogens with two attached hydrogens (primary N) is 1. The van der Waals surface area contributed by atoms with Gasteiger partial charge in [0.2, 0.25) is 0 Å². The third kappa shape index (κ3) is 3.21. The largest absolute Gasteiger partial charge is 0.366 e. The van der Waals surface area contributed by atoms with E-state index in [4.69, 9.17) is 5.84 Å². The highest BCUT2D eigenvalue weighted by atomic mass is 19.1. The van der Waals surface area contributed by atoms with Gasteiger partial charge in [0.1, 0.15) is 23.3 Å². The molecule has 106 valence electrons. The number of hydrogen-bond acceptors (Lipinski definition) is 5. The van der Waals surface area contributed by atoms with Crippen molar-refractivity contribution >= 4 is 11.6 Å². The molecule has 0 aliphatic carbocycles. The molecule has 0 unspecified atom stereocenters. The van der Waals surface area contributed by atoms with Crippen LogP contribution in [0.25, 0.3) is 0 Å². The molecule has 1 aromatic carbocycles. The van der Waals surface area contributed by atoms with Crippen molar-refractivity contribution < 1.29 is 4.39 Å². The fraction of sp³-hybridized carbons (Fsp3) is 0.286. The topological polar surface area (TPSA) is 75.9 Å². The molecule has 20 heavy (non-hydrogen) atoms. The first-order valence-corrected chi connectivity index (χ1v) is 6.46. The number of rotatable bonds is 5. The van der Waals surface area contributed by atoms with Gasteiger partial charge in [0.05, 0.1) is 0 Å². The van der Waals surface area contributed by atoms with Crippen molar-refractivity contribution in [3.63, 3.8) is 0 Å². The van der Waals surface area contributed by atoms with Crippen molar-refractivity contribution in [2.45, 2.75) is 26.8 Å². The first kappa shape index (κ1) is 14.2. The molecule has 0 amide bonds. The van der Waals surface area contributed by atoms with Gasteiger partial charge in [-0.15, -0.1) is 0 Å². The lowest BCUT2D eigenvalue weighted by Crippen LogP contribution is -2.14. The maximum Gasteiger partial charge on any atom is 0.148 e. The Kier molecular flexibility index (Phi) is 4.47. The molecule has 0 spiro atoms. The Hall–Kier alpha value is -2.21. The second-order valence-corrected chi connectivity index (χ2v) is 4.44. The van der Waals surface area contributed by atoms with Gasteiger partial charge in [-0.2, -0.15) is 0 Å². The highest BCUT2D eigenvalue weighted by Crippen LogP contribution is 2.20. The molecule has 0 radical (unpaired) electrons. The van der Waals surface area contributed by atoms with E-state index in [0.29, 0.717) is 18.2 Å². The van der Waals surface area contributed by atoms with Gasteiger partial charge < -0.3 is 10.7 Å². The molecule has 0 bridgehead atoms. The van der Waals surface area contributed by atoms with Crippen molar-refractivity contribution in [2.24, 2.45) is 5.84 Å². The van der Waals surface area contributed by atoms with Gasteiger partial charge in [-0.25, -0.2) is 20.2 Å². The number of nitrogens with one attached hydrogen (secondary N) is 2. The smallest absolute Gasteiger partial charge is 0.148 e. The van der Waals surface area contributed by atoms with Crippen LogP contribution < -0.4 is 16.6 Å². The minimum Gasteiger partial charge on any atom is -0.366 e. The zero-order chi connectivity index (χ0) is 14.5. The molecular formula is C14H18FN5. The number of halogens is 1. The first-order valence-electron chi connectivity index (χ1n) is 6.46. The molecule has 1 aromatic heterocycles. The van der Waals surface area contributed by atoms with E-state index in [1.807, 2.05) is 13.8 Å². The molecule has 6 heteroatoms. The van der Waals surface area contributed by atoms with Gasteiger partial charge in [0, 0.05) is 18.5 Å². The molecule has 0 fully saturated rings. The third-order valence-electron chi connectivity index (χ3n) is 3.02. The Labute approximate surface area is 117 Å². The lowest BCUT2D eigenvalue weighted by molar-refractivity contribution is 0.627. The number of nitrogen functional groups attached to an aromatic ring is 1. The summed E-state index contributed by atoms with van der Waals surface area (Å²) in [4.78, 5) is 8.74. The fourth-order valence-electron chi connectivity index (χ4n) is 1.82. The molecule has 0 saturated carbocycles. The van der Waals surface area contributed by atoms with Gasteiger partial charge in [0.25, 0.3) is 0 Å². The van der Waals surface area contributed by atoms with Gasteiger partial charge in [-0.1, -0.05) is 19.1 Å². The van der Waals surface area contributed by atoms with Crippen LogP contribution in [0, 0.1) is 12.7 Å². The average Bonchev–Trinajstić information content (AvgIpc) is 2.48. The number of aryl methyl sites for hydroxylation is 1. The van der Waals surface area contributed by atoms with Crippen LogP contribution in [-0.2, 0) is 13.0 Å². The summed E-state index contributed by atoms with van der Waals surface area (Å²) in [7, 11) is 0. The summed E-state index contributed by atoms with van der Waals surface area (Å²) in [6.07, 6.45) is 0.722. The van der Waals surface area contributed by atoms with E-state index >= 15 is 0 Å². The Morgan fingerprint density at radius 3 is 2.40 bits per heavy atom. The van der Waals surface area contributed by atoms with Gasteiger partial charge in [-0.05, 0) is 24.6 Å². The molecule has 4 N–H and O–H groups in total. The molecule has 0 aliphatic rings. The number of hydrazine groups is 1. The fourth-order valence-corrected chi connectivity index (χ4v) is 1.82. The number of nitrogens with zero attached hydrogens (tertiary/aromatic N) is 2. The van der Waals surface area contributed by atoms with Crippen LogP contribution in [-0.4, -0.2) is 9.97 Å². The van der Waals surface area contributed by atoms with Crippen LogP contribution in [0.5, 0.6) is 0 Å². The molecule has 0 aliphatic heterocycles. The number of anilines is 2. The maximum absolute atomic E-state index is 12.8. The minimum atomic E-state index is -0.241. The second kappa shape index (κ2) is 6.29. The summed E-state index contributed by atoms with van der Waals surface area (Å²) in [5, 5.41) is 3.23. The highest BCUT2D eigenvalue weighted by molar-refractivity contribution is 5.56. The SMILES string of the molecule is CCc1nc(NN)c(C)c(NCc2ccc(F)cc2)n1. The summed E-state index contributed by atoms with van der Waals surface area (Å²) in [5.41, 5.74) is 4.41. The van der Waals surface area contributed by atoms with Gasteiger partial charge >= 0.3 is 0 Å². The Balaban J connectivity index is 2.18. The Bertz CT molecular complexity index is 583. The molecule has 0 atom stereocenters. The molecule has 1 heterocycles. The van der Waals surface area contributed by atoms with Crippen LogP contribution >= 0.6 is 0 Å². The second-order valence-electron chi connectivity index (χ2n) is 4.44. The predicted octanol–water partition coefficient (Wildman–Crippen LogP) is 2.38. The van der Waals surface area contributed by atoms with Crippen molar-refractivity contribution in [1.82, 2.24) is 9.97 Å². The maximum atomic E-state index is 12.8. The van der Waals surface area contributed by atoms with Crippen LogP contribution in [0.15, 0.2) is 24.3 Å². The first-order chi connectivity index (χ1) is 9.63. The van der Waals surface area contributed by atoms with Crippen LogP contribution in [0.4, 0.5) is 16.0 Å². The van der Waals surface area contributed by atoms with Gasteiger partial charge in [-0.3, -0.25) is 0 Å². The average molecular weight is 275 g/mol. The number of hydrogen-bond donors (Lipinski definition) is 3. The van der Waals surface area contributed by atoms with Crippen LogP contribution in [0.2, 0.25) is 0 Å². The molecule has 2 rings (SSSR count). The molecule has 0 saturated heterocycles. The standard InChI is InChI=1S/C14H18FN5/c1-3-12-18-13(9(2)14(19-12)20-16)17-8-10-4-6-11(15)7-5-10/h4-7H,3,8,16H2,1-2H3,(H2,17,18,19,20). The van der Waals surface area contributed by atoms with E-state index in [1.54, 1.807) is 12.1 Å². The minimum absolute atomic E-state index is 0.241. The highest BCUT2D eigenvalue weighted by Gasteiger charge is 2.09. The van der Waals surface area contributed by atoms with Crippen molar-refractivity contribution in [1.29, 1.82) is 0 Å². The van der Waals surface area contributed by atoms with E-state index < -0.39 is 0 Å².